The van der Waals surface area contributed by atoms with E-state index in [1.165, 1.54) is 14.2 Å². The molecule has 0 unspecified atom stereocenters. The summed E-state index contributed by atoms with van der Waals surface area (Å²) in [6, 6.07) is -0.800. The molecule has 0 aromatic carbocycles. The van der Waals surface area contributed by atoms with E-state index >= 15 is 0 Å². The van der Waals surface area contributed by atoms with Gasteiger partial charge in [0.1, 0.15) is 18.3 Å². The Labute approximate surface area is 165 Å². The summed E-state index contributed by atoms with van der Waals surface area (Å²) >= 11 is 0. The van der Waals surface area contributed by atoms with Crippen LogP contribution in [0.15, 0.2) is 0 Å². The molecule has 0 radical (unpaired) electrons. The third kappa shape index (κ3) is 7.61. The molecule has 4 N–H and O–H groups in total. The van der Waals surface area contributed by atoms with Gasteiger partial charge in [0.05, 0.1) is 19.3 Å². The van der Waals surface area contributed by atoms with Crippen LogP contribution in [0.2, 0.25) is 0 Å². The first-order valence-corrected chi connectivity index (χ1v) is 9.49. The van der Waals surface area contributed by atoms with Gasteiger partial charge in [-0.15, -0.1) is 0 Å². The molecule has 0 bridgehead atoms. The number of esters is 1. The summed E-state index contributed by atoms with van der Waals surface area (Å²) in [5, 5.41) is 31.6. The minimum atomic E-state index is -1.37. The molecule has 1 aliphatic rings. The van der Waals surface area contributed by atoms with Crippen molar-refractivity contribution < 1.29 is 43.9 Å². The maximum atomic E-state index is 12.0. The van der Waals surface area contributed by atoms with Gasteiger partial charge in [-0.05, 0) is 19.8 Å². The van der Waals surface area contributed by atoms with Gasteiger partial charge in [0, 0.05) is 33.2 Å². The molecular weight excluding hydrogens is 374 g/mol. The number of amides is 1. The summed E-state index contributed by atoms with van der Waals surface area (Å²) in [5.41, 5.74) is 0. The molecule has 1 amide bonds. The molecule has 1 aliphatic heterocycles. The lowest BCUT2D eigenvalue weighted by molar-refractivity contribution is -0.278. The summed E-state index contributed by atoms with van der Waals surface area (Å²) in [6.07, 6.45) is -2.28. The van der Waals surface area contributed by atoms with Crippen LogP contribution in [-0.4, -0.2) is 91.4 Å². The van der Waals surface area contributed by atoms with Crippen molar-refractivity contribution >= 4 is 11.9 Å². The first-order valence-electron chi connectivity index (χ1n) is 9.49. The number of aliphatic hydroxyl groups is 3. The topological polar surface area (TPSA) is 144 Å². The van der Waals surface area contributed by atoms with E-state index in [2.05, 4.69) is 10.1 Å². The molecule has 1 heterocycles. The first-order chi connectivity index (χ1) is 13.3. The van der Waals surface area contributed by atoms with Gasteiger partial charge in [-0.25, -0.2) is 0 Å². The Hall–Kier alpha value is -1.30. The standard InChI is InChI=1S/C18H33NO9/c1-11-14(19-17(24)12(21)8-9-20)15(23)16(26-3)18(28-11)27-10-6-4-5-7-13(22)25-2/h11-12,14-16,18,20-21,23H,4-10H2,1-3H3,(H,19,24)/t11-,12+,14-,15+,16+,18+/m1/s1. The van der Waals surface area contributed by atoms with Crippen LogP contribution in [-0.2, 0) is 28.5 Å². The van der Waals surface area contributed by atoms with Crippen molar-refractivity contribution in [2.45, 2.75) is 75.8 Å². The Morgan fingerprint density at radius 3 is 2.54 bits per heavy atom. The minimum absolute atomic E-state index is 0.0979. The molecular formula is C18H33NO9. The second-order valence-electron chi connectivity index (χ2n) is 6.72. The molecule has 0 aromatic heterocycles. The van der Waals surface area contributed by atoms with Crippen LogP contribution in [0.5, 0.6) is 0 Å². The number of rotatable bonds is 12. The van der Waals surface area contributed by atoms with Crippen LogP contribution in [0.1, 0.15) is 39.0 Å². The number of ether oxygens (including phenoxy) is 4. The average molecular weight is 407 g/mol. The van der Waals surface area contributed by atoms with E-state index in [9.17, 15) is 19.8 Å². The first kappa shape index (κ1) is 24.7. The Bertz CT molecular complexity index is 476. The van der Waals surface area contributed by atoms with Crippen molar-refractivity contribution in [3.05, 3.63) is 0 Å². The normalized spacial score (nSPS) is 28.6. The molecule has 28 heavy (non-hydrogen) atoms. The number of hydrogen-bond donors (Lipinski definition) is 4. The van der Waals surface area contributed by atoms with Gasteiger partial charge < -0.3 is 39.6 Å². The van der Waals surface area contributed by atoms with Gasteiger partial charge in [-0.3, -0.25) is 9.59 Å². The number of hydrogen-bond acceptors (Lipinski definition) is 9. The van der Waals surface area contributed by atoms with Gasteiger partial charge in [0.2, 0.25) is 5.91 Å². The zero-order valence-corrected chi connectivity index (χ0v) is 16.7. The fourth-order valence-corrected chi connectivity index (χ4v) is 2.97. The van der Waals surface area contributed by atoms with Crippen molar-refractivity contribution in [1.82, 2.24) is 5.32 Å². The van der Waals surface area contributed by atoms with E-state index in [1.54, 1.807) is 6.92 Å². The fourth-order valence-electron chi connectivity index (χ4n) is 2.97. The van der Waals surface area contributed by atoms with Crippen molar-refractivity contribution in [2.24, 2.45) is 0 Å². The maximum absolute atomic E-state index is 12.0. The second-order valence-corrected chi connectivity index (χ2v) is 6.72. The third-order valence-electron chi connectivity index (χ3n) is 4.65. The van der Waals surface area contributed by atoms with Crippen molar-refractivity contribution in [3.8, 4) is 0 Å². The van der Waals surface area contributed by atoms with Gasteiger partial charge in [-0.2, -0.15) is 0 Å². The van der Waals surface area contributed by atoms with Gasteiger partial charge in [-0.1, -0.05) is 6.42 Å². The minimum Gasteiger partial charge on any atom is -0.469 e. The molecule has 10 heteroatoms. The summed E-state index contributed by atoms with van der Waals surface area (Å²) < 4.78 is 21.3. The summed E-state index contributed by atoms with van der Waals surface area (Å²) in [7, 11) is 2.76. The van der Waals surface area contributed by atoms with Crippen LogP contribution >= 0.6 is 0 Å². The number of nitrogens with one attached hydrogen (secondary N) is 1. The van der Waals surface area contributed by atoms with E-state index in [0.29, 0.717) is 25.9 Å². The largest absolute Gasteiger partial charge is 0.469 e. The number of carbonyl (C=O) groups is 2. The highest BCUT2D eigenvalue weighted by Gasteiger charge is 2.45. The highest BCUT2D eigenvalue weighted by molar-refractivity contribution is 5.80. The van der Waals surface area contributed by atoms with E-state index in [4.69, 9.17) is 19.3 Å². The molecule has 6 atom stereocenters. The molecule has 0 aromatic rings. The maximum Gasteiger partial charge on any atom is 0.305 e. The summed E-state index contributed by atoms with van der Waals surface area (Å²) in [5.74, 6) is -0.946. The van der Waals surface area contributed by atoms with Crippen molar-refractivity contribution in [2.75, 3.05) is 27.4 Å². The van der Waals surface area contributed by atoms with Gasteiger partial charge in [0.15, 0.2) is 6.29 Å². The Morgan fingerprint density at radius 1 is 1.21 bits per heavy atom. The Balaban J connectivity index is 2.49. The van der Waals surface area contributed by atoms with Crippen molar-refractivity contribution in [1.29, 1.82) is 0 Å². The lowest BCUT2D eigenvalue weighted by Gasteiger charge is -2.43. The molecule has 0 saturated carbocycles. The van der Waals surface area contributed by atoms with Crippen molar-refractivity contribution in [3.63, 3.8) is 0 Å². The molecule has 1 fully saturated rings. The zero-order valence-electron chi connectivity index (χ0n) is 16.7. The lowest BCUT2D eigenvalue weighted by Crippen LogP contribution is -2.64. The SMILES string of the molecule is COC(=O)CCCCCO[C@H]1O[C@H](C)[C@@H](NC(=O)[C@@H](O)CCO)[C@H](O)[C@@H]1OC. The average Bonchev–Trinajstić information content (AvgIpc) is 2.67. The number of unbranched alkanes of at least 4 members (excludes halogenated alkanes) is 2. The highest BCUT2D eigenvalue weighted by atomic mass is 16.7. The predicted molar refractivity (Wildman–Crippen MR) is 97.2 cm³/mol. The van der Waals surface area contributed by atoms with Crippen LogP contribution in [0, 0.1) is 0 Å². The summed E-state index contributed by atoms with van der Waals surface area (Å²) in [4.78, 5) is 23.0. The molecule has 0 aliphatic carbocycles. The van der Waals surface area contributed by atoms with Crippen LogP contribution in [0.3, 0.4) is 0 Å². The zero-order chi connectivity index (χ0) is 21.1. The third-order valence-corrected chi connectivity index (χ3v) is 4.65. The van der Waals surface area contributed by atoms with E-state index < -0.39 is 42.7 Å². The molecule has 1 rings (SSSR count). The van der Waals surface area contributed by atoms with Gasteiger partial charge >= 0.3 is 5.97 Å². The predicted octanol–water partition coefficient (Wildman–Crippen LogP) is -0.915. The number of aliphatic hydroxyl groups excluding tert-OH is 3. The molecule has 10 nitrogen and oxygen atoms in total. The van der Waals surface area contributed by atoms with E-state index in [1.807, 2.05) is 0 Å². The molecule has 164 valence electrons. The van der Waals surface area contributed by atoms with Crippen LogP contribution in [0.4, 0.5) is 0 Å². The second kappa shape index (κ2) is 13.0. The Morgan fingerprint density at radius 2 is 1.93 bits per heavy atom. The van der Waals surface area contributed by atoms with Gasteiger partial charge in [0.25, 0.3) is 0 Å². The fraction of sp³-hybridized carbons (Fsp3) is 0.889. The van der Waals surface area contributed by atoms with E-state index in [0.717, 1.165) is 6.42 Å². The van der Waals surface area contributed by atoms with Crippen LogP contribution < -0.4 is 5.32 Å². The quantitative estimate of drug-likeness (QED) is 0.239. The molecule has 0 spiro atoms. The monoisotopic (exact) mass is 407 g/mol. The van der Waals surface area contributed by atoms with Crippen LogP contribution in [0.25, 0.3) is 0 Å². The highest BCUT2D eigenvalue weighted by Crippen LogP contribution is 2.24. The lowest BCUT2D eigenvalue weighted by atomic mass is 9.96. The Kier molecular flexibility index (Phi) is 11.5. The number of methoxy groups -OCH3 is 2. The van der Waals surface area contributed by atoms with E-state index in [-0.39, 0.29) is 19.0 Å². The number of carbonyl (C=O) groups excluding carboxylic acids is 2. The summed E-state index contributed by atoms with van der Waals surface area (Å²) in [6.45, 7) is 1.70. The smallest absolute Gasteiger partial charge is 0.305 e. The molecule has 1 saturated heterocycles.